The lowest BCUT2D eigenvalue weighted by molar-refractivity contribution is -0.132. The molecule has 1 saturated heterocycles. The Morgan fingerprint density at radius 2 is 2.00 bits per heavy atom. The van der Waals surface area contributed by atoms with Gasteiger partial charge in [0.2, 0.25) is 5.91 Å². The third-order valence-electron chi connectivity index (χ3n) is 4.52. The van der Waals surface area contributed by atoms with Crippen LogP contribution in [0, 0.1) is 0 Å². The number of benzene rings is 2. The SMILES string of the molecule is [B]c1ccccc1C(=O)Nc1ccc2nc(SCC(=O)N3CCOCC3)sc2c1. The number of rotatable bonds is 5. The van der Waals surface area contributed by atoms with Crippen molar-refractivity contribution in [2.45, 2.75) is 4.34 Å². The average Bonchev–Trinajstić information content (AvgIpc) is 3.15. The minimum atomic E-state index is -0.252. The van der Waals surface area contributed by atoms with Gasteiger partial charge >= 0.3 is 0 Å². The Balaban J connectivity index is 1.41. The van der Waals surface area contributed by atoms with Gasteiger partial charge in [-0.25, -0.2) is 4.98 Å². The molecular weight excluding hydrogens is 405 g/mol. The number of hydrogen-bond donors (Lipinski definition) is 1. The van der Waals surface area contributed by atoms with Crippen molar-refractivity contribution in [1.29, 1.82) is 0 Å². The molecule has 0 bridgehead atoms. The second-order valence-electron chi connectivity index (χ2n) is 6.49. The van der Waals surface area contributed by atoms with E-state index < -0.39 is 0 Å². The summed E-state index contributed by atoms with van der Waals surface area (Å²) in [5.74, 6) is 0.208. The molecule has 0 aliphatic carbocycles. The summed E-state index contributed by atoms with van der Waals surface area (Å²) in [5.41, 5.74) is 2.39. The van der Waals surface area contributed by atoms with Crippen LogP contribution in [0.1, 0.15) is 10.4 Å². The topological polar surface area (TPSA) is 71.5 Å². The number of nitrogens with one attached hydrogen (secondary N) is 1. The van der Waals surface area contributed by atoms with Crippen LogP contribution >= 0.6 is 23.1 Å². The molecule has 0 saturated carbocycles. The number of carbonyl (C=O) groups excluding carboxylic acids is 2. The normalized spacial score (nSPS) is 14.1. The van der Waals surface area contributed by atoms with Gasteiger partial charge in [0, 0.05) is 24.3 Å². The van der Waals surface area contributed by atoms with E-state index in [-0.39, 0.29) is 11.8 Å². The molecule has 6 nitrogen and oxygen atoms in total. The second kappa shape index (κ2) is 8.98. The zero-order chi connectivity index (χ0) is 20.2. The lowest BCUT2D eigenvalue weighted by atomic mass is 9.90. The van der Waals surface area contributed by atoms with Crippen LogP contribution in [0.4, 0.5) is 5.69 Å². The third-order valence-corrected chi connectivity index (χ3v) is 6.66. The zero-order valence-electron chi connectivity index (χ0n) is 15.6. The van der Waals surface area contributed by atoms with Crippen LogP contribution in [0.3, 0.4) is 0 Å². The predicted octanol–water partition coefficient (Wildman–Crippen LogP) is 2.29. The molecule has 29 heavy (non-hydrogen) atoms. The van der Waals surface area contributed by atoms with Crippen LogP contribution < -0.4 is 10.8 Å². The Kier molecular flexibility index (Phi) is 6.18. The van der Waals surface area contributed by atoms with Crippen LogP contribution in [-0.4, -0.2) is 61.6 Å². The quantitative estimate of drug-likeness (QED) is 0.504. The van der Waals surface area contributed by atoms with Gasteiger partial charge in [-0.1, -0.05) is 41.5 Å². The number of fused-ring (bicyclic) bond motifs is 1. The smallest absolute Gasteiger partial charge is 0.255 e. The monoisotopic (exact) mass is 423 g/mol. The van der Waals surface area contributed by atoms with Gasteiger partial charge in [-0.05, 0) is 18.2 Å². The molecule has 1 fully saturated rings. The van der Waals surface area contributed by atoms with Gasteiger partial charge in [0.25, 0.3) is 5.91 Å². The molecule has 1 aliphatic heterocycles. The summed E-state index contributed by atoms with van der Waals surface area (Å²) in [6.45, 7) is 2.49. The van der Waals surface area contributed by atoms with Crippen LogP contribution in [0.5, 0.6) is 0 Å². The van der Waals surface area contributed by atoms with Crippen LogP contribution in [0.15, 0.2) is 46.8 Å². The maximum Gasteiger partial charge on any atom is 0.255 e. The average molecular weight is 423 g/mol. The molecule has 2 amide bonds. The molecule has 0 unspecified atom stereocenters. The Morgan fingerprint density at radius 1 is 1.21 bits per heavy atom. The van der Waals surface area contributed by atoms with E-state index in [0.717, 1.165) is 14.6 Å². The maximum absolute atomic E-state index is 12.4. The fraction of sp³-hybridized carbons (Fsp3) is 0.250. The summed E-state index contributed by atoms with van der Waals surface area (Å²) < 4.78 is 7.06. The van der Waals surface area contributed by atoms with E-state index in [4.69, 9.17) is 12.6 Å². The van der Waals surface area contributed by atoms with Gasteiger partial charge in [-0.3, -0.25) is 9.59 Å². The van der Waals surface area contributed by atoms with E-state index in [9.17, 15) is 9.59 Å². The Labute approximate surface area is 178 Å². The van der Waals surface area contributed by atoms with Gasteiger partial charge in [0.1, 0.15) is 7.85 Å². The number of carbonyl (C=O) groups is 2. The van der Waals surface area contributed by atoms with Crippen molar-refractivity contribution in [3.05, 3.63) is 48.0 Å². The van der Waals surface area contributed by atoms with Crippen molar-refractivity contribution in [2.24, 2.45) is 0 Å². The summed E-state index contributed by atoms with van der Waals surface area (Å²) in [6, 6.07) is 12.5. The van der Waals surface area contributed by atoms with E-state index in [1.54, 1.807) is 24.3 Å². The molecule has 1 N–H and O–H groups in total. The molecule has 4 rings (SSSR count). The Hall–Kier alpha value is -2.36. The number of thioether (sulfide) groups is 1. The van der Waals surface area contributed by atoms with E-state index in [1.807, 2.05) is 23.1 Å². The van der Waals surface area contributed by atoms with E-state index in [1.165, 1.54) is 23.1 Å². The number of anilines is 1. The summed E-state index contributed by atoms with van der Waals surface area (Å²) in [4.78, 5) is 31.1. The van der Waals surface area contributed by atoms with E-state index >= 15 is 0 Å². The van der Waals surface area contributed by atoms with Crippen molar-refractivity contribution >= 4 is 64.1 Å². The summed E-state index contributed by atoms with van der Waals surface area (Å²) in [5, 5.41) is 2.87. The first-order valence-electron chi connectivity index (χ1n) is 9.15. The summed E-state index contributed by atoms with van der Waals surface area (Å²) in [6.07, 6.45) is 0. The van der Waals surface area contributed by atoms with Crippen LogP contribution in [0.2, 0.25) is 0 Å². The highest BCUT2D eigenvalue weighted by Crippen LogP contribution is 2.31. The summed E-state index contributed by atoms with van der Waals surface area (Å²) in [7, 11) is 5.87. The zero-order valence-corrected chi connectivity index (χ0v) is 17.2. The number of morpholine rings is 1. The predicted molar refractivity (Wildman–Crippen MR) is 118 cm³/mol. The van der Waals surface area contributed by atoms with Gasteiger partial charge in [0.05, 0.1) is 29.2 Å². The number of aromatic nitrogens is 1. The first-order chi connectivity index (χ1) is 14.1. The molecule has 146 valence electrons. The van der Waals surface area contributed by atoms with E-state index in [2.05, 4.69) is 10.3 Å². The molecule has 9 heteroatoms. The van der Waals surface area contributed by atoms with E-state index in [0.29, 0.717) is 48.8 Å². The van der Waals surface area contributed by atoms with Crippen molar-refractivity contribution in [2.75, 3.05) is 37.4 Å². The third kappa shape index (κ3) is 4.80. The lowest BCUT2D eigenvalue weighted by Crippen LogP contribution is -2.41. The largest absolute Gasteiger partial charge is 0.378 e. The highest BCUT2D eigenvalue weighted by atomic mass is 32.2. The minimum Gasteiger partial charge on any atom is -0.378 e. The number of amides is 2. The number of hydrogen-bond acceptors (Lipinski definition) is 6. The Morgan fingerprint density at radius 3 is 2.79 bits per heavy atom. The number of nitrogens with zero attached hydrogens (tertiary/aromatic N) is 2. The molecule has 0 atom stereocenters. The first-order valence-corrected chi connectivity index (χ1v) is 10.9. The van der Waals surface area contributed by atoms with Crippen LogP contribution in [0.25, 0.3) is 10.2 Å². The minimum absolute atomic E-state index is 0.103. The number of ether oxygens (including phenoxy) is 1. The standard InChI is InChI=1S/C20H18BN3O3S2/c21-15-4-2-1-3-14(15)19(26)22-13-5-6-16-17(11-13)29-20(23-16)28-12-18(25)24-7-9-27-10-8-24/h1-6,11H,7-10,12H2,(H,22,26). The molecule has 1 aliphatic rings. The van der Waals surface area contributed by atoms with Gasteiger partial charge < -0.3 is 15.0 Å². The summed E-state index contributed by atoms with van der Waals surface area (Å²) >= 11 is 2.94. The fourth-order valence-corrected chi connectivity index (χ4v) is 4.98. The second-order valence-corrected chi connectivity index (χ2v) is 8.74. The van der Waals surface area contributed by atoms with Gasteiger partial charge in [-0.15, -0.1) is 11.3 Å². The lowest BCUT2D eigenvalue weighted by Gasteiger charge is -2.26. The molecule has 2 aromatic carbocycles. The van der Waals surface area contributed by atoms with Crippen molar-refractivity contribution in [1.82, 2.24) is 9.88 Å². The Bertz CT molecular complexity index is 1050. The highest BCUT2D eigenvalue weighted by Gasteiger charge is 2.18. The molecular formula is C20H18BN3O3S2. The molecule has 1 aromatic heterocycles. The fourth-order valence-electron chi connectivity index (χ4n) is 2.97. The molecule has 3 aromatic rings. The van der Waals surface area contributed by atoms with Crippen LogP contribution in [-0.2, 0) is 9.53 Å². The molecule has 2 radical (unpaired) electrons. The van der Waals surface area contributed by atoms with Crippen molar-refractivity contribution in [3.63, 3.8) is 0 Å². The molecule has 0 spiro atoms. The van der Waals surface area contributed by atoms with Crippen molar-refractivity contribution in [3.8, 4) is 0 Å². The van der Waals surface area contributed by atoms with Crippen molar-refractivity contribution < 1.29 is 14.3 Å². The van der Waals surface area contributed by atoms with Gasteiger partial charge in [-0.2, -0.15) is 0 Å². The first kappa shape index (κ1) is 19.9. The number of thiazole rings is 1. The van der Waals surface area contributed by atoms with Gasteiger partial charge in [0.15, 0.2) is 4.34 Å². The molecule has 2 heterocycles. The highest BCUT2D eigenvalue weighted by molar-refractivity contribution is 8.01. The maximum atomic E-state index is 12.4.